The zero-order valence-electron chi connectivity index (χ0n) is 25.4. The van der Waals surface area contributed by atoms with E-state index in [2.05, 4.69) is 10.1 Å². The number of hydrogen-bond donors (Lipinski definition) is 2. The maximum absolute atomic E-state index is 14.2. The van der Waals surface area contributed by atoms with E-state index in [1.165, 1.54) is 61.3 Å². The first-order valence-corrected chi connectivity index (χ1v) is 16.2. The number of carbonyl (C=O) groups is 3. The van der Waals surface area contributed by atoms with E-state index in [1.54, 1.807) is 0 Å². The number of benzene rings is 2. The number of alkyl halides is 4. The number of pyridine rings is 1. The Morgan fingerprint density at radius 1 is 1.19 bits per heavy atom. The summed E-state index contributed by atoms with van der Waals surface area (Å²) in [6.07, 6.45) is -4.32. The highest BCUT2D eigenvalue weighted by Crippen LogP contribution is 2.45. The number of esters is 1. The molecule has 2 heterocycles. The number of phenolic OH excluding ortho intramolecular Hbond substituents is 1. The number of halogens is 5. The van der Waals surface area contributed by atoms with E-state index in [-0.39, 0.29) is 47.3 Å². The van der Waals surface area contributed by atoms with Gasteiger partial charge in [-0.05, 0) is 37.6 Å². The van der Waals surface area contributed by atoms with Crippen LogP contribution >= 0.6 is 7.52 Å². The first-order chi connectivity index (χ1) is 22.2. The minimum atomic E-state index is -4.89. The number of amides is 2. The van der Waals surface area contributed by atoms with Crippen molar-refractivity contribution in [2.24, 2.45) is 0 Å². The molecule has 0 spiro atoms. The van der Waals surface area contributed by atoms with Gasteiger partial charge in [0.1, 0.15) is 24.1 Å². The first kappa shape index (κ1) is 35.7. The van der Waals surface area contributed by atoms with E-state index in [0.29, 0.717) is 5.56 Å². The molecule has 1 aliphatic rings. The topological polar surface area (TPSA) is 138 Å². The highest BCUT2D eigenvalue weighted by Gasteiger charge is 2.39. The van der Waals surface area contributed by atoms with Crippen LogP contribution in [0.1, 0.15) is 45.7 Å². The number of phenols is 1. The normalized spacial score (nSPS) is 15.0. The molecule has 2 aromatic carbocycles. The Kier molecular flexibility index (Phi) is 11.2. The van der Waals surface area contributed by atoms with Crippen molar-refractivity contribution in [1.29, 1.82) is 0 Å². The summed E-state index contributed by atoms with van der Waals surface area (Å²) in [6.45, 7) is -1.75. The predicted octanol–water partition coefficient (Wildman–Crippen LogP) is 4.96. The number of ether oxygens (including phenoxy) is 1. The number of rotatable bonds is 14. The Labute approximate surface area is 266 Å². The fraction of sp³-hybridized carbons (Fsp3) is 0.400. The van der Waals surface area contributed by atoms with E-state index in [1.807, 2.05) is 0 Å². The van der Waals surface area contributed by atoms with Crippen molar-refractivity contribution < 1.29 is 55.3 Å². The lowest BCUT2D eigenvalue weighted by Gasteiger charge is -2.28. The van der Waals surface area contributed by atoms with Crippen LogP contribution in [0.25, 0.3) is 10.9 Å². The summed E-state index contributed by atoms with van der Waals surface area (Å²) in [4.78, 5) is 46.1. The average Bonchev–Trinajstić information content (AvgIpc) is 3.34. The Hall–Kier alpha value is -4.14. The van der Waals surface area contributed by atoms with Gasteiger partial charge in [0.2, 0.25) is 0 Å². The van der Waals surface area contributed by atoms with Crippen molar-refractivity contribution in [3.05, 3.63) is 70.7 Å². The van der Waals surface area contributed by atoms with E-state index in [4.69, 9.17) is 9.26 Å². The zero-order valence-corrected chi connectivity index (χ0v) is 26.2. The summed E-state index contributed by atoms with van der Waals surface area (Å²) in [5, 5.41) is 13.4. The van der Waals surface area contributed by atoms with Crippen LogP contribution in [0.2, 0.25) is 0 Å². The molecule has 0 radical (unpaired) electrons. The number of hydrogen-bond acceptors (Lipinski definition) is 8. The second-order valence-corrected chi connectivity index (χ2v) is 12.9. The van der Waals surface area contributed by atoms with Crippen molar-refractivity contribution in [1.82, 2.24) is 19.9 Å². The molecule has 47 heavy (non-hydrogen) atoms. The summed E-state index contributed by atoms with van der Waals surface area (Å²) in [5.74, 6) is -3.41. The Bertz CT molecular complexity index is 1690. The lowest BCUT2D eigenvalue weighted by Crippen LogP contribution is -2.39. The van der Waals surface area contributed by atoms with Crippen LogP contribution in [-0.2, 0) is 31.7 Å². The van der Waals surface area contributed by atoms with Gasteiger partial charge in [0.25, 0.3) is 19.3 Å². The Morgan fingerprint density at radius 2 is 1.89 bits per heavy atom. The van der Waals surface area contributed by atoms with Gasteiger partial charge in [0, 0.05) is 43.3 Å². The third-order valence-electron chi connectivity index (χ3n) is 7.27. The summed E-state index contributed by atoms with van der Waals surface area (Å²) in [7, 11) is -4.52. The van der Waals surface area contributed by atoms with Gasteiger partial charge in [-0.25, -0.2) is 13.9 Å². The van der Waals surface area contributed by atoms with Crippen LogP contribution in [-0.4, -0.2) is 89.0 Å². The van der Waals surface area contributed by atoms with Crippen LogP contribution in [0.4, 0.5) is 22.0 Å². The van der Waals surface area contributed by atoms with Crippen LogP contribution in [0.3, 0.4) is 0 Å². The molecule has 0 aliphatic carbocycles. The highest BCUT2D eigenvalue weighted by atomic mass is 31.2. The van der Waals surface area contributed by atoms with Crippen LogP contribution in [0.5, 0.6) is 5.75 Å². The number of nitrogens with one attached hydrogen (secondary N) is 1. The number of carbonyl (C=O) groups excluding carboxylic acids is 3. The van der Waals surface area contributed by atoms with Gasteiger partial charge in [-0.15, -0.1) is 0 Å². The number of aromatic nitrogens is 1. The van der Waals surface area contributed by atoms with Gasteiger partial charge < -0.3 is 24.2 Å². The lowest BCUT2D eigenvalue weighted by molar-refractivity contribution is -0.153. The largest absolute Gasteiger partial charge is 0.505 e. The summed E-state index contributed by atoms with van der Waals surface area (Å²) in [6, 6.07) is 6.92. The SMILES string of the molecule is CCOC(=O)[C@H](C)NP(=O)(CCN(CCF)C(=O)c1c2c(c(O)c3ncccc13)C(=O)N(Cc1ccc(F)cc1)C2)OCC(F)(F)F. The quantitative estimate of drug-likeness (QED) is 0.137. The molecular formula is C30H32F5N4O7P. The van der Waals surface area contributed by atoms with Crippen LogP contribution in [0.15, 0.2) is 42.6 Å². The standard InChI is InChI=1S/C30H32F5N4O7P/c1-3-45-29(43)18(2)37-47(44,46-17-30(33,34)35)14-13-38(12-10-31)27(41)23-21-5-4-11-36-25(21)26(40)24-22(23)16-39(28(24)42)15-19-6-8-20(32)9-7-19/h4-9,11,18,40H,3,10,12-17H2,1-2H3,(H,37,44)/t18-,47?/m0/s1. The fourth-order valence-electron chi connectivity index (χ4n) is 5.12. The number of nitrogens with zero attached hydrogens (tertiary/aromatic N) is 3. The molecule has 1 aromatic heterocycles. The van der Waals surface area contributed by atoms with E-state index in [0.717, 1.165) is 4.90 Å². The molecule has 0 fully saturated rings. The molecule has 0 saturated carbocycles. The monoisotopic (exact) mass is 686 g/mol. The molecule has 4 rings (SSSR count). The molecular weight excluding hydrogens is 654 g/mol. The summed E-state index contributed by atoms with van der Waals surface area (Å²) >= 11 is 0. The Morgan fingerprint density at radius 3 is 2.53 bits per heavy atom. The van der Waals surface area contributed by atoms with Crippen LogP contribution < -0.4 is 5.09 Å². The highest BCUT2D eigenvalue weighted by molar-refractivity contribution is 7.57. The van der Waals surface area contributed by atoms with Crippen molar-refractivity contribution in [2.75, 3.05) is 39.1 Å². The van der Waals surface area contributed by atoms with Gasteiger partial charge in [-0.1, -0.05) is 18.2 Å². The number of fused-ring (bicyclic) bond motifs is 2. The van der Waals surface area contributed by atoms with Crippen molar-refractivity contribution in [3.8, 4) is 5.75 Å². The average molecular weight is 687 g/mol. The summed E-state index contributed by atoms with van der Waals surface area (Å²) in [5.41, 5.74) is 0.209. The van der Waals surface area contributed by atoms with Crippen molar-refractivity contribution >= 4 is 36.2 Å². The third-order valence-corrected chi connectivity index (χ3v) is 9.38. The van der Waals surface area contributed by atoms with Gasteiger partial charge >= 0.3 is 12.1 Å². The molecule has 254 valence electrons. The van der Waals surface area contributed by atoms with Gasteiger partial charge in [0.05, 0.1) is 23.9 Å². The molecule has 2 atom stereocenters. The van der Waals surface area contributed by atoms with Gasteiger partial charge in [-0.3, -0.25) is 23.9 Å². The van der Waals surface area contributed by atoms with Gasteiger partial charge in [-0.2, -0.15) is 13.2 Å². The maximum atomic E-state index is 14.2. The maximum Gasteiger partial charge on any atom is 0.412 e. The fourth-order valence-corrected chi connectivity index (χ4v) is 7.01. The van der Waals surface area contributed by atoms with Crippen LogP contribution in [0, 0.1) is 5.82 Å². The van der Waals surface area contributed by atoms with E-state index < -0.39 is 81.6 Å². The molecule has 17 heteroatoms. The molecule has 3 aromatic rings. The van der Waals surface area contributed by atoms with Gasteiger partial charge in [0.15, 0.2) is 12.4 Å². The molecule has 1 aliphatic heterocycles. The smallest absolute Gasteiger partial charge is 0.412 e. The molecule has 1 unspecified atom stereocenters. The van der Waals surface area contributed by atoms with E-state index >= 15 is 0 Å². The minimum Gasteiger partial charge on any atom is -0.505 e. The Balaban J connectivity index is 1.69. The molecule has 0 saturated heterocycles. The molecule has 2 N–H and O–H groups in total. The molecule has 2 amide bonds. The zero-order chi connectivity index (χ0) is 34.5. The first-order valence-electron chi connectivity index (χ1n) is 14.4. The van der Waals surface area contributed by atoms with Crippen molar-refractivity contribution in [3.63, 3.8) is 0 Å². The minimum absolute atomic E-state index is 0.0110. The predicted molar refractivity (Wildman–Crippen MR) is 159 cm³/mol. The van der Waals surface area contributed by atoms with Crippen molar-refractivity contribution in [2.45, 2.75) is 39.2 Å². The second-order valence-electron chi connectivity index (χ2n) is 10.6. The molecule has 0 bridgehead atoms. The summed E-state index contributed by atoms with van der Waals surface area (Å²) < 4.78 is 89.5. The number of aromatic hydroxyl groups is 1. The third kappa shape index (κ3) is 8.42. The second kappa shape index (κ2) is 14.7. The van der Waals surface area contributed by atoms with E-state index in [9.17, 15) is 46.0 Å². The lowest BCUT2D eigenvalue weighted by atomic mass is 9.95. The molecule has 11 nitrogen and oxygen atoms in total.